The lowest BCUT2D eigenvalue weighted by molar-refractivity contribution is -0.112. The van der Waals surface area contributed by atoms with Crippen LogP contribution in [0.25, 0.3) is 11.6 Å². The average Bonchev–Trinajstić information content (AvgIpc) is 3.18. The first-order chi connectivity index (χ1) is 11.6. The Kier molecular flexibility index (Phi) is 3.93. The molecule has 0 aliphatic carbocycles. The molecule has 118 valence electrons. The van der Waals surface area contributed by atoms with E-state index in [-0.39, 0.29) is 5.91 Å². The van der Waals surface area contributed by atoms with E-state index < -0.39 is 0 Å². The Balaban J connectivity index is 1.86. The van der Waals surface area contributed by atoms with Gasteiger partial charge in [-0.15, -0.1) is 0 Å². The molecule has 0 spiro atoms. The molecule has 0 atom stereocenters. The Morgan fingerprint density at radius 2 is 1.83 bits per heavy atom. The summed E-state index contributed by atoms with van der Waals surface area (Å²) >= 11 is 13.6. The van der Waals surface area contributed by atoms with Gasteiger partial charge >= 0.3 is 0 Å². The Bertz CT molecular complexity index is 963. The maximum atomic E-state index is 13.0. The Morgan fingerprint density at radius 1 is 1.00 bits per heavy atom. The number of nitrogens with zero attached hydrogens (tertiary/aromatic N) is 1. The fourth-order valence-corrected chi connectivity index (χ4v) is 3.72. The summed E-state index contributed by atoms with van der Waals surface area (Å²) in [6, 6.07) is 15.1. The molecule has 0 saturated carbocycles. The van der Waals surface area contributed by atoms with Crippen molar-refractivity contribution in [1.29, 1.82) is 0 Å². The van der Waals surface area contributed by atoms with Crippen molar-refractivity contribution >= 4 is 63.5 Å². The van der Waals surface area contributed by atoms with Crippen LogP contribution in [0, 0.1) is 0 Å². The fraction of sp³-hybridized carbons (Fsp3) is 0. The number of amides is 1. The van der Waals surface area contributed by atoms with Crippen LogP contribution in [-0.4, -0.2) is 5.91 Å². The highest BCUT2D eigenvalue weighted by Gasteiger charge is 2.33. The van der Waals surface area contributed by atoms with E-state index in [0.29, 0.717) is 15.6 Å². The van der Waals surface area contributed by atoms with E-state index >= 15 is 0 Å². The van der Waals surface area contributed by atoms with Crippen LogP contribution < -0.4 is 4.90 Å². The van der Waals surface area contributed by atoms with Crippen molar-refractivity contribution in [2.75, 3.05) is 4.90 Å². The Morgan fingerprint density at radius 3 is 2.58 bits per heavy atom. The number of hydrogen-bond donors (Lipinski definition) is 0. The summed E-state index contributed by atoms with van der Waals surface area (Å²) < 4.78 is 0. The number of para-hydroxylation sites is 1. The largest absolute Gasteiger partial charge is 0.276 e. The predicted octanol–water partition coefficient (Wildman–Crippen LogP) is 6.27. The summed E-state index contributed by atoms with van der Waals surface area (Å²) in [6.07, 6.45) is 1.86. The lowest BCUT2D eigenvalue weighted by Crippen LogP contribution is -2.19. The number of benzene rings is 2. The molecule has 2 aromatic carbocycles. The van der Waals surface area contributed by atoms with Gasteiger partial charge < -0.3 is 0 Å². The number of fused-ring (bicyclic) bond motifs is 1. The molecule has 24 heavy (non-hydrogen) atoms. The van der Waals surface area contributed by atoms with Gasteiger partial charge in [-0.1, -0.05) is 47.5 Å². The lowest BCUT2D eigenvalue weighted by atomic mass is 10.0. The van der Waals surface area contributed by atoms with Gasteiger partial charge in [-0.2, -0.15) is 11.3 Å². The number of halogens is 2. The smallest absolute Gasteiger partial charge is 0.263 e. The third-order valence-electron chi connectivity index (χ3n) is 3.89. The minimum Gasteiger partial charge on any atom is -0.276 e. The Hall–Kier alpha value is -2.07. The van der Waals surface area contributed by atoms with Crippen molar-refractivity contribution in [2.45, 2.75) is 0 Å². The second kappa shape index (κ2) is 6.10. The summed E-state index contributed by atoms with van der Waals surface area (Å²) in [5.74, 6) is -0.0410. The molecular weight excluding hydrogens is 361 g/mol. The monoisotopic (exact) mass is 371 g/mol. The maximum Gasteiger partial charge on any atom is 0.263 e. The second-order valence-electron chi connectivity index (χ2n) is 5.37. The lowest BCUT2D eigenvalue weighted by Gasteiger charge is -2.14. The van der Waals surface area contributed by atoms with Crippen molar-refractivity contribution < 1.29 is 4.79 Å². The third-order valence-corrected chi connectivity index (χ3v) is 5.30. The molecule has 1 aliphatic rings. The van der Waals surface area contributed by atoms with Gasteiger partial charge in [0.25, 0.3) is 5.91 Å². The van der Waals surface area contributed by atoms with E-state index in [0.717, 1.165) is 22.5 Å². The molecular formula is C19H11Cl2NOS. The highest BCUT2D eigenvalue weighted by atomic mass is 35.5. The summed E-state index contributed by atoms with van der Waals surface area (Å²) in [5.41, 5.74) is 4.19. The highest BCUT2D eigenvalue weighted by Crippen LogP contribution is 2.42. The topological polar surface area (TPSA) is 20.3 Å². The van der Waals surface area contributed by atoms with E-state index in [9.17, 15) is 4.79 Å². The zero-order chi connectivity index (χ0) is 16.7. The normalized spacial score (nSPS) is 15.2. The fourth-order valence-electron chi connectivity index (χ4n) is 2.79. The van der Waals surface area contributed by atoms with Crippen molar-refractivity contribution in [1.82, 2.24) is 0 Å². The van der Waals surface area contributed by atoms with Crippen LogP contribution in [-0.2, 0) is 4.79 Å². The Labute approximate surface area is 153 Å². The number of carbonyl (C=O) groups excluding carboxylic acids is 1. The van der Waals surface area contributed by atoms with Crippen LogP contribution in [0.15, 0.2) is 59.3 Å². The van der Waals surface area contributed by atoms with E-state index in [1.165, 1.54) is 0 Å². The van der Waals surface area contributed by atoms with Crippen LogP contribution in [0.1, 0.15) is 11.1 Å². The minimum absolute atomic E-state index is 0.0410. The molecule has 5 heteroatoms. The van der Waals surface area contributed by atoms with Crippen molar-refractivity contribution in [3.63, 3.8) is 0 Å². The van der Waals surface area contributed by atoms with E-state index in [1.807, 2.05) is 53.2 Å². The van der Waals surface area contributed by atoms with Gasteiger partial charge in [-0.25, -0.2) is 0 Å². The standard InChI is InChI=1S/C19H11Cl2NOS/c20-16-6-5-12(10-17(16)21)9-15-14-3-1-2-4-18(14)22(19(15)23)13-7-8-24-11-13/h1-11H/b15-9-. The molecule has 0 fully saturated rings. The van der Waals surface area contributed by atoms with E-state index in [2.05, 4.69) is 0 Å². The number of rotatable bonds is 2. The van der Waals surface area contributed by atoms with Crippen LogP contribution in [0.4, 0.5) is 11.4 Å². The molecule has 0 bridgehead atoms. The molecule has 2 heterocycles. The van der Waals surface area contributed by atoms with Crippen molar-refractivity contribution in [3.8, 4) is 0 Å². The first-order valence-corrected chi connectivity index (χ1v) is 8.98. The van der Waals surface area contributed by atoms with Gasteiger partial charge in [0.2, 0.25) is 0 Å². The first-order valence-electron chi connectivity index (χ1n) is 7.28. The van der Waals surface area contributed by atoms with E-state index in [4.69, 9.17) is 23.2 Å². The second-order valence-corrected chi connectivity index (χ2v) is 6.97. The number of anilines is 2. The van der Waals surface area contributed by atoms with Gasteiger partial charge in [0.15, 0.2) is 0 Å². The molecule has 0 radical (unpaired) electrons. The van der Waals surface area contributed by atoms with E-state index in [1.54, 1.807) is 28.4 Å². The predicted molar refractivity (Wildman–Crippen MR) is 102 cm³/mol. The van der Waals surface area contributed by atoms with Crippen LogP contribution in [0.3, 0.4) is 0 Å². The summed E-state index contributed by atoms with van der Waals surface area (Å²) in [4.78, 5) is 14.8. The van der Waals surface area contributed by atoms with Gasteiger partial charge in [0, 0.05) is 10.9 Å². The molecule has 0 N–H and O–H groups in total. The number of thiophene rings is 1. The summed E-state index contributed by atoms with van der Waals surface area (Å²) in [5, 5.41) is 4.90. The highest BCUT2D eigenvalue weighted by molar-refractivity contribution is 7.08. The molecule has 1 amide bonds. The number of hydrogen-bond acceptors (Lipinski definition) is 2. The van der Waals surface area contributed by atoms with Crippen LogP contribution in [0.5, 0.6) is 0 Å². The van der Waals surface area contributed by atoms with Gasteiger partial charge in [0.05, 0.1) is 27.0 Å². The molecule has 0 unspecified atom stereocenters. The zero-order valence-electron chi connectivity index (χ0n) is 12.4. The zero-order valence-corrected chi connectivity index (χ0v) is 14.7. The third kappa shape index (κ3) is 2.55. The quantitative estimate of drug-likeness (QED) is 0.485. The summed E-state index contributed by atoms with van der Waals surface area (Å²) in [7, 11) is 0. The maximum absolute atomic E-state index is 13.0. The van der Waals surface area contributed by atoms with Gasteiger partial charge in [0.1, 0.15) is 0 Å². The van der Waals surface area contributed by atoms with Gasteiger partial charge in [-0.3, -0.25) is 9.69 Å². The molecule has 3 aromatic rings. The SMILES string of the molecule is O=C1/C(=C\c2ccc(Cl)c(Cl)c2)c2ccccc2N1c1ccsc1. The van der Waals surface area contributed by atoms with Crippen molar-refractivity contribution in [3.05, 3.63) is 80.5 Å². The molecule has 0 saturated heterocycles. The minimum atomic E-state index is -0.0410. The molecule has 4 rings (SSSR count). The van der Waals surface area contributed by atoms with Crippen molar-refractivity contribution in [2.24, 2.45) is 0 Å². The number of carbonyl (C=O) groups is 1. The molecule has 1 aliphatic heterocycles. The van der Waals surface area contributed by atoms with Gasteiger partial charge in [-0.05, 0) is 41.3 Å². The molecule has 1 aromatic heterocycles. The first kappa shape index (κ1) is 15.5. The molecule has 2 nitrogen and oxygen atoms in total. The average molecular weight is 372 g/mol. The van der Waals surface area contributed by atoms with Crippen LogP contribution >= 0.6 is 34.5 Å². The van der Waals surface area contributed by atoms with Crippen LogP contribution in [0.2, 0.25) is 10.0 Å². The summed E-state index contributed by atoms with van der Waals surface area (Å²) in [6.45, 7) is 0.